The van der Waals surface area contributed by atoms with Gasteiger partial charge in [-0.25, -0.2) is 9.97 Å². The Bertz CT molecular complexity index is 1330. The summed E-state index contributed by atoms with van der Waals surface area (Å²) in [5.41, 5.74) is 3.26. The third-order valence-electron chi connectivity index (χ3n) is 5.49. The molecule has 0 bridgehead atoms. The fourth-order valence-corrected chi connectivity index (χ4v) is 3.61. The summed E-state index contributed by atoms with van der Waals surface area (Å²) in [6.07, 6.45) is 7.97. The zero-order valence-corrected chi connectivity index (χ0v) is 17.7. The summed E-state index contributed by atoms with van der Waals surface area (Å²) >= 11 is 0. The number of pyridine rings is 1. The third kappa shape index (κ3) is 3.93. The highest BCUT2D eigenvalue weighted by molar-refractivity contribution is 5.82. The fourth-order valence-electron chi connectivity index (χ4n) is 3.61. The number of fused-ring (bicyclic) bond motifs is 1. The molecule has 6 nitrogen and oxygen atoms in total. The van der Waals surface area contributed by atoms with Gasteiger partial charge in [-0.3, -0.25) is 4.57 Å². The molecular formula is C26H22N4O2. The van der Waals surface area contributed by atoms with E-state index in [-0.39, 0.29) is 0 Å². The smallest absolute Gasteiger partial charge is 0.168 e. The van der Waals surface area contributed by atoms with E-state index < -0.39 is 0 Å². The van der Waals surface area contributed by atoms with Gasteiger partial charge in [0.05, 0.1) is 30.3 Å². The lowest BCUT2D eigenvalue weighted by atomic mass is 10.1. The van der Waals surface area contributed by atoms with Crippen molar-refractivity contribution >= 4 is 23.2 Å². The van der Waals surface area contributed by atoms with Gasteiger partial charge in [-0.2, -0.15) is 5.26 Å². The number of nitrogens with zero attached hydrogens (tertiary/aromatic N) is 4. The summed E-state index contributed by atoms with van der Waals surface area (Å²) in [6.45, 7) is 0.703. The zero-order valence-electron chi connectivity index (χ0n) is 17.7. The Kier molecular flexibility index (Phi) is 5.30. The van der Waals surface area contributed by atoms with E-state index >= 15 is 0 Å². The second kappa shape index (κ2) is 8.56. The van der Waals surface area contributed by atoms with Gasteiger partial charge in [0.2, 0.25) is 0 Å². The second-order valence-corrected chi connectivity index (χ2v) is 7.78. The molecule has 1 fully saturated rings. The number of nitriles is 1. The predicted molar refractivity (Wildman–Crippen MR) is 124 cm³/mol. The van der Waals surface area contributed by atoms with E-state index in [0.717, 1.165) is 33.9 Å². The first kappa shape index (κ1) is 19.8. The SMILES string of the molecule is COc1cccc(/C=C/c2nc3ccccc3n2-c2ccc(C#N)cn2)c1OCC1CC1. The summed E-state index contributed by atoms with van der Waals surface area (Å²) in [7, 11) is 1.66. The van der Waals surface area contributed by atoms with E-state index in [9.17, 15) is 0 Å². The van der Waals surface area contributed by atoms with Gasteiger partial charge in [0.15, 0.2) is 11.5 Å². The van der Waals surface area contributed by atoms with Gasteiger partial charge >= 0.3 is 0 Å². The monoisotopic (exact) mass is 422 g/mol. The number of para-hydroxylation sites is 3. The van der Waals surface area contributed by atoms with Crippen molar-refractivity contribution in [2.24, 2.45) is 5.92 Å². The second-order valence-electron chi connectivity index (χ2n) is 7.78. The molecule has 2 heterocycles. The summed E-state index contributed by atoms with van der Waals surface area (Å²) in [4.78, 5) is 9.28. The van der Waals surface area contributed by atoms with Gasteiger partial charge < -0.3 is 9.47 Å². The summed E-state index contributed by atoms with van der Waals surface area (Å²) in [6, 6.07) is 19.5. The molecule has 1 aliphatic carbocycles. The van der Waals surface area contributed by atoms with Gasteiger partial charge in [-0.05, 0) is 61.2 Å². The van der Waals surface area contributed by atoms with Gasteiger partial charge in [0.1, 0.15) is 17.7 Å². The summed E-state index contributed by atoms with van der Waals surface area (Å²) in [5.74, 6) is 3.54. The van der Waals surface area contributed by atoms with Crippen LogP contribution in [0.25, 0.3) is 29.0 Å². The van der Waals surface area contributed by atoms with Crippen molar-refractivity contribution in [3.05, 3.63) is 77.7 Å². The molecule has 0 spiro atoms. The molecule has 2 aromatic carbocycles. The molecular weight excluding hydrogens is 400 g/mol. The van der Waals surface area contributed by atoms with Gasteiger partial charge in [-0.1, -0.05) is 24.3 Å². The van der Waals surface area contributed by atoms with Crippen LogP contribution in [0.2, 0.25) is 0 Å². The maximum atomic E-state index is 9.10. The third-order valence-corrected chi connectivity index (χ3v) is 5.49. The standard InChI is InChI=1S/C26H22N4O2/c1-31-23-8-4-5-20(26(23)32-17-18-9-10-18)12-14-25-29-21-6-2-3-7-22(21)30(25)24-13-11-19(15-27)16-28-24/h2-8,11-14,16,18H,9-10,17H2,1H3/b14-12+. The maximum absolute atomic E-state index is 9.10. The largest absolute Gasteiger partial charge is 0.493 e. The zero-order chi connectivity index (χ0) is 21.9. The Morgan fingerprint density at radius 1 is 1.09 bits per heavy atom. The van der Waals surface area contributed by atoms with Crippen LogP contribution in [0.3, 0.4) is 0 Å². The van der Waals surface area contributed by atoms with Crippen molar-refractivity contribution in [1.82, 2.24) is 14.5 Å². The highest BCUT2D eigenvalue weighted by Crippen LogP contribution is 2.36. The minimum atomic E-state index is 0.518. The Balaban J connectivity index is 1.56. The molecule has 5 rings (SSSR count). The molecule has 0 N–H and O–H groups in total. The first-order valence-electron chi connectivity index (χ1n) is 10.6. The molecule has 0 aliphatic heterocycles. The van der Waals surface area contributed by atoms with Crippen molar-refractivity contribution in [2.75, 3.05) is 13.7 Å². The minimum absolute atomic E-state index is 0.518. The average molecular weight is 422 g/mol. The van der Waals surface area contributed by atoms with Crippen LogP contribution in [-0.2, 0) is 0 Å². The van der Waals surface area contributed by atoms with Crippen LogP contribution in [0.5, 0.6) is 11.5 Å². The highest BCUT2D eigenvalue weighted by atomic mass is 16.5. The van der Waals surface area contributed by atoms with Crippen LogP contribution < -0.4 is 9.47 Å². The molecule has 1 aliphatic rings. The van der Waals surface area contributed by atoms with E-state index in [1.165, 1.54) is 12.8 Å². The first-order valence-corrected chi connectivity index (χ1v) is 10.6. The van der Waals surface area contributed by atoms with E-state index in [2.05, 4.69) is 11.1 Å². The highest BCUT2D eigenvalue weighted by Gasteiger charge is 2.23. The van der Waals surface area contributed by atoms with Crippen LogP contribution >= 0.6 is 0 Å². The molecule has 4 aromatic rings. The number of aromatic nitrogens is 3. The lowest BCUT2D eigenvalue weighted by Crippen LogP contribution is -2.02. The van der Waals surface area contributed by atoms with Crippen molar-refractivity contribution in [3.63, 3.8) is 0 Å². The van der Waals surface area contributed by atoms with Gasteiger partial charge in [-0.15, -0.1) is 0 Å². The number of rotatable bonds is 7. The Labute approximate surface area is 186 Å². The van der Waals surface area contributed by atoms with Crippen LogP contribution in [0, 0.1) is 17.2 Å². The lowest BCUT2D eigenvalue weighted by Gasteiger charge is -2.13. The van der Waals surface area contributed by atoms with E-state index in [0.29, 0.717) is 23.9 Å². The fraction of sp³-hybridized carbons (Fsp3) is 0.192. The van der Waals surface area contributed by atoms with E-state index in [1.807, 2.05) is 65.3 Å². The van der Waals surface area contributed by atoms with Gasteiger partial charge in [0, 0.05) is 11.8 Å². The van der Waals surface area contributed by atoms with Crippen molar-refractivity contribution in [1.29, 1.82) is 5.26 Å². The van der Waals surface area contributed by atoms with Crippen molar-refractivity contribution in [3.8, 4) is 23.4 Å². The summed E-state index contributed by atoms with van der Waals surface area (Å²) < 4.78 is 13.6. The van der Waals surface area contributed by atoms with E-state index in [1.54, 1.807) is 19.4 Å². The van der Waals surface area contributed by atoms with Crippen LogP contribution in [0.4, 0.5) is 0 Å². The molecule has 0 amide bonds. The van der Waals surface area contributed by atoms with Crippen molar-refractivity contribution < 1.29 is 9.47 Å². The van der Waals surface area contributed by atoms with Crippen LogP contribution in [-0.4, -0.2) is 28.3 Å². The number of hydrogen-bond donors (Lipinski definition) is 0. The number of imidazole rings is 1. The Morgan fingerprint density at radius 3 is 2.72 bits per heavy atom. The summed E-state index contributed by atoms with van der Waals surface area (Å²) in [5, 5.41) is 9.10. The maximum Gasteiger partial charge on any atom is 0.168 e. The molecule has 32 heavy (non-hydrogen) atoms. The molecule has 0 atom stereocenters. The lowest BCUT2D eigenvalue weighted by molar-refractivity contribution is 0.280. The molecule has 2 aromatic heterocycles. The Hall–Kier alpha value is -4.11. The number of ether oxygens (including phenoxy) is 2. The molecule has 158 valence electrons. The molecule has 0 unspecified atom stereocenters. The molecule has 6 heteroatoms. The van der Waals surface area contributed by atoms with Crippen LogP contribution in [0.1, 0.15) is 29.8 Å². The topological polar surface area (TPSA) is 73.0 Å². The average Bonchev–Trinajstić information content (AvgIpc) is 3.60. The van der Waals surface area contributed by atoms with E-state index in [4.69, 9.17) is 19.7 Å². The normalized spacial score (nSPS) is 13.4. The van der Waals surface area contributed by atoms with Gasteiger partial charge in [0.25, 0.3) is 0 Å². The quantitative estimate of drug-likeness (QED) is 0.406. The number of benzene rings is 2. The number of hydrogen-bond acceptors (Lipinski definition) is 5. The first-order chi connectivity index (χ1) is 15.8. The molecule has 0 radical (unpaired) electrons. The Morgan fingerprint density at radius 2 is 1.97 bits per heavy atom. The minimum Gasteiger partial charge on any atom is -0.493 e. The predicted octanol–water partition coefficient (Wildman–Crippen LogP) is 5.26. The van der Waals surface area contributed by atoms with Crippen LogP contribution in [0.15, 0.2) is 60.8 Å². The molecule has 0 saturated heterocycles. The molecule has 1 saturated carbocycles. The number of methoxy groups -OCH3 is 1. The van der Waals surface area contributed by atoms with Crippen molar-refractivity contribution in [2.45, 2.75) is 12.8 Å².